The standard InChI is InChI=1S/C10H6N4O2S/c11-8-12-9(16)14-7(15)5-3-1-2-4-6(5)17-10(14)13-8/h1-4H,(H2,11,12,16). The zero-order chi connectivity index (χ0) is 12.0. The fourth-order valence-electron chi connectivity index (χ4n) is 1.60. The van der Waals surface area contributed by atoms with Crippen LogP contribution in [0.5, 0.6) is 0 Å². The average Bonchev–Trinajstić information content (AvgIpc) is 2.28. The predicted octanol–water partition coefficient (Wildman–Crippen LogP) is 0.247. The number of nitrogen functional groups attached to an aromatic ring is 1. The van der Waals surface area contributed by atoms with Crippen molar-refractivity contribution in [3.05, 3.63) is 45.1 Å². The summed E-state index contributed by atoms with van der Waals surface area (Å²) in [7, 11) is 0. The summed E-state index contributed by atoms with van der Waals surface area (Å²) in [6.07, 6.45) is 0. The second-order valence-corrected chi connectivity index (χ2v) is 4.39. The summed E-state index contributed by atoms with van der Waals surface area (Å²) in [6.45, 7) is 0. The van der Waals surface area contributed by atoms with Gasteiger partial charge in [0.25, 0.3) is 5.56 Å². The molecule has 2 N–H and O–H groups in total. The number of anilines is 1. The van der Waals surface area contributed by atoms with E-state index >= 15 is 0 Å². The molecular formula is C10H6N4O2S. The molecule has 0 atom stereocenters. The van der Waals surface area contributed by atoms with E-state index in [1.807, 2.05) is 6.07 Å². The molecule has 0 fully saturated rings. The normalized spacial score (nSPS) is 11.1. The molecule has 0 bridgehead atoms. The molecule has 0 saturated carbocycles. The SMILES string of the molecule is Nc1nc(=O)n2c(=O)c3ccccc3sc2n1. The van der Waals surface area contributed by atoms with Gasteiger partial charge >= 0.3 is 5.69 Å². The Morgan fingerprint density at radius 2 is 1.94 bits per heavy atom. The summed E-state index contributed by atoms with van der Waals surface area (Å²) >= 11 is 1.23. The third kappa shape index (κ3) is 1.40. The van der Waals surface area contributed by atoms with E-state index < -0.39 is 11.2 Å². The van der Waals surface area contributed by atoms with Crippen LogP contribution in [0.3, 0.4) is 0 Å². The molecule has 0 aliphatic carbocycles. The van der Waals surface area contributed by atoms with Crippen molar-refractivity contribution in [1.82, 2.24) is 14.4 Å². The lowest BCUT2D eigenvalue weighted by atomic mass is 10.3. The maximum Gasteiger partial charge on any atom is 0.360 e. The molecule has 0 aliphatic rings. The Bertz CT molecular complexity index is 852. The number of aromatic nitrogens is 3. The number of nitrogens with zero attached hydrogens (tertiary/aromatic N) is 3. The Labute approximate surface area is 98.0 Å². The van der Waals surface area contributed by atoms with Gasteiger partial charge in [-0.25, -0.2) is 4.79 Å². The molecule has 7 heteroatoms. The zero-order valence-corrected chi connectivity index (χ0v) is 9.27. The molecule has 0 aliphatic heterocycles. The van der Waals surface area contributed by atoms with E-state index in [0.717, 1.165) is 9.10 Å². The van der Waals surface area contributed by atoms with Gasteiger partial charge in [0, 0.05) is 4.70 Å². The molecule has 2 heterocycles. The van der Waals surface area contributed by atoms with Crippen LogP contribution in [0.4, 0.5) is 5.95 Å². The molecule has 3 aromatic rings. The highest BCUT2D eigenvalue weighted by atomic mass is 32.1. The third-order valence-corrected chi connectivity index (χ3v) is 3.36. The van der Waals surface area contributed by atoms with Crippen LogP contribution in [0.2, 0.25) is 0 Å². The fourth-order valence-corrected chi connectivity index (χ4v) is 2.60. The number of fused-ring (bicyclic) bond motifs is 2. The summed E-state index contributed by atoms with van der Waals surface area (Å²) < 4.78 is 1.69. The maximum atomic E-state index is 12.1. The Balaban J connectivity index is 2.70. The van der Waals surface area contributed by atoms with E-state index in [1.165, 1.54) is 11.3 Å². The minimum absolute atomic E-state index is 0.124. The van der Waals surface area contributed by atoms with Gasteiger partial charge in [0.15, 0.2) is 0 Å². The van der Waals surface area contributed by atoms with E-state index in [0.29, 0.717) is 5.39 Å². The minimum atomic E-state index is -0.695. The zero-order valence-electron chi connectivity index (χ0n) is 8.45. The highest BCUT2D eigenvalue weighted by Crippen LogP contribution is 2.17. The minimum Gasteiger partial charge on any atom is -0.368 e. The van der Waals surface area contributed by atoms with Crippen molar-refractivity contribution in [2.75, 3.05) is 5.73 Å². The Morgan fingerprint density at radius 3 is 2.76 bits per heavy atom. The van der Waals surface area contributed by atoms with Gasteiger partial charge < -0.3 is 5.73 Å². The molecular weight excluding hydrogens is 240 g/mol. The Hall–Kier alpha value is -2.28. The second kappa shape index (κ2) is 3.36. The molecule has 2 aromatic heterocycles. The van der Waals surface area contributed by atoms with E-state index in [1.54, 1.807) is 18.2 Å². The number of benzene rings is 1. The summed E-state index contributed by atoms with van der Waals surface area (Å²) in [5.74, 6) is -0.124. The van der Waals surface area contributed by atoms with Gasteiger partial charge in [-0.05, 0) is 12.1 Å². The van der Waals surface area contributed by atoms with Crippen molar-refractivity contribution >= 4 is 32.3 Å². The van der Waals surface area contributed by atoms with Crippen LogP contribution in [-0.2, 0) is 0 Å². The molecule has 0 saturated heterocycles. The van der Waals surface area contributed by atoms with Crippen LogP contribution in [-0.4, -0.2) is 14.4 Å². The summed E-state index contributed by atoms with van der Waals surface area (Å²) in [6, 6.07) is 7.02. The third-order valence-electron chi connectivity index (χ3n) is 2.32. The Kier molecular flexibility index (Phi) is 1.96. The molecule has 0 spiro atoms. The molecule has 84 valence electrons. The largest absolute Gasteiger partial charge is 0.368 e. The smallest absolute Gasteiger partial charge is 0.360 e. The van der Waals surface area contributed by atoms with Crippen LogP contribution in [0, 0.1) is 0 Å². The van der Waals surface area contributed by atoms with Gasteiger partial charge in [0.05, 0.1) is 5.39 Å². The van der Waals surface area contributed by atoms with Gasteiger partial charge in [0.1, 0.15) is 0 Å². The molecule has 0 unspecified atom stereocenters. The van der Waals surface area contributed by atoms with Crippen molar-refractivity contribution in [2.45, 2.75) is 0 Å². The first-order chi connectivity index (χ1) is 8.16. The van der Waals surface area contributed by atoms with Crippen LogP contribution < -0.4 is 17.0 Å². The summed E-state index contributed by atoms with van der Waals surface area (Å²) in [5, 5.41) is 0.473. The van der Waals surface area contributed by atoms with Gasteiger partial charge in [-0.1, -0.05) is 23.5 Å². The van der Waals surface area contributed by atoms with Crippen molar-refractivity contribution in [3.8, 4) is 0 Å². The highest BCUT2D eigenvalue weighted by molar-refractivity contribution is 7.23. The summed E-state index contributed by atoms with van der Waals surface area (Å²) in [5.41, 5.74) is 4.28. The quantitative estimate of drug-likeness (QED) is 0.574. The van der Waals surface area contributed by atoms with Crippen molar-refractivity contribution in [1.29, 1.82) is 0 Å². The molecule has 1 aromatic carbocycles. The van der Waals surface area contributed by atoms with Crippen molar-refractivity contribution < 1.29 is 0 Å². The maximum absolute atomic E-state index is 12.1. The predicted molar refractivity (Wildman–Crippen MR) is 65.3 cm³/mol. The van der Waals surface area contributed by atoms with Gasteiger partial charge in [-0.3, -0.25) is 4.79 Å². The lowest BCUT2D eigenvalue weighted by Gasteiger charge is -2.00. The van der Waals surface area contributed by atoms with E-state index in [9.17, 15) is 9.59 Å². The fraction of sp³-hybridized carbons (Fsp3) is 0. The number of hydrogen-bond acceptors (Lipinski definition) is 6. The van der Waals surface area contributed by atoms with Crippen LogP contribution in [0.15, 0.2) is 33.9 Å². The van der Waals surface area contributed by atoms with Gasteiger partial charge in [-0.2, -0.15) is 14.4 Å². The topological polar surface area (TPSA) is 90.4 Å². The first-order valence-corrected chi connectivity index (χ1v) is 5.56. The summed E-state index contributed by atoms with van der Waals surface area (Å²) in [4.78, 5) is 31.3. The van der Waals surface area contributed by atoms with Crippen LogP contribution in [0.1, 0.15) is 0 Å². The highest BCUT2D eigenvalue weighted by Gasteiger charge is 2.09. The van der Waals surface area contributed by atoms with E-state index in [-0.39, 0.29) is 10.9 Å². The van der Waals surface area contributed by atoms with E-state index in [2.05, 4.69) is 9.97 Å². The van der Waals surface area contributed by atoms with Gasteiger partial charge in [0.2, 0.25) is 10.9 Å². The average molecular weight is 246 g/mol. The number of hydrogen-bond donors (Lipinski definition) is 1. The second-order valence-electron chi connectivity index (χ2n) is 3.39. The van der Waals surface area contributed by atoms with Crippen molar-refractivity contribution in [2.24, 2.45) is 0 Å². The lowest BCUT2D eigenvalue weighted by molar-refractivity contribution is 0.942. The Morgan fingerprint density at radius 1 is 1.18 bits per heavy atom. The van der Waals surface area contributed by atoms with E-state index in [4.69, 9.17) is 5.73 Å². The molecule has 17 heavy (non-hydrogen) atoms. The van der Waals surface area contributed by atoms with Crippen molar-refractivity contribution in [3.63, 3.8) is 0 Å². The molecule has 3 rings (SSSR count). The van der Waals surface area contributed by atoms with Crippen LogP contribution in [0.25, 0.3) is 15.0 Å². The molecule has 0 amide bonds. The number of nitrogens with two attached hydrogens (primary N) is 1. The molecule has 6 nitrogen and oxygen atoms in total. The van der Waals surface area contributed by atoms with Gasteiger partial charge in [-0.15, -0.1) is 0 Å². The first-order valence-electron chi connectivity index (χ1n) is 4.75. The van der Waals surface area contributed by atoms with Crippen LogP contribution >= 0.6 is 11.3 Å². The number of rotatable bonds is 0. The molecule has 0 radical (unpaired) electrons. The first kappa shape index (κ1) is 9.91. The lowest BCUT2D eigenvalue weighted by Crippen LogP contribution is -2.29. The monoisotopic (exact) mass is 246 g/mol.